The third-order valence-electron chi connectivity index (χ3n) is 7.38. The predicted octanol–water partition coefficient (Wildman–Crippen LogP) is 4.81. The van der Waals surface area contributed by atoms with Crippen molar-refractivity contribution in [3.05, 3.63) is 35.9 Å². The number of rotatable bonds is 1. The van der Waals surface area contributed by atoms with E-state index >= 15 is 0 Å². The second kappa shape index (κ2) is 4.39. The van der Waals surface area contributed by atoms with Crippen molar-refractivity contribution in [2.24, 2.45) is 27.6 Å². The average molecular weight is 326 g/mol. The molecule has 0 amide bonds. The average Bonchev–Trinajstić information content (AvgIpc) is 2.71. The van der Waals surface area contributed by atoms with Crippen molar-refractivity contribution in [1.29, 1.82) is 0 Å². The number of hydrogen-bond acceptors (Lipinski definition) is 2. The van der Waals surface area contributed by atoms with Crippen molar-refractivity contribution in [3.63, 3.8) is 0 Å². The highest BCUT2D eigenvalue weighted by Crippen LogP contribution is 2.77. The molecule has 0 spiro atoms. The van der Waals surface area contributed by atoms with Crippen LogP contribution >= 0.6 is 0 Å². The van der Waals surface area contributed by atoms with Crippen LogP contribution in [0.15, 0.2) is 30.3 Å². The van der Waals surface area contributed by atoms with Crippen LogP contribution < -0.4 is 0 Å². The Balaban J connectivity index is 2.52. The Morgan fingerprint density at radius 1 is 0.667 bits per heavy atom. The molecule has 2 aliphatic carbocycles. The largest absolute Gasteiger partial charge is 0.298 e. The molecule has 0 saturated heterocycles. The second-order valence-electron chi connectivity index (χ2n) is 9.96. The zero-order valence-corrected chi connectivity index (χ0v) is 16.3. The first-order chi connectivity index (χ1) is 10.8. The van der Waals surface area contributed by atoms with Crippen molar-refractivity contribution >= 4 is 11.6 Å². The van der Waals surface area contributed by atoms with E-state index in [2.05, 4.69) is 39.8 Å². The quantitative estimate of drug-likeness (QED) is 0.742. The Kier molecular flexibility index (Phi) is 3.18. The smallest absolute Gasteiger partial charge is 0.145 e. The highest BCUT2D eigenvalue weighted by Gasteiger charge is 2.82. The van der Waals surface area contributed by atoms with E-state index in [9.17, 15) is 9.59 Å². The summed E-state index contributed by atoms with van der Waals surface area (Å²) in [7, 11) is 0. The summed E-state index contributed by atoms with van der Waals surface area (Å²) in [6.07, 6.45) is 0. The van der Waals surface area contributed by atoms with Gasteiger partial charge in [-0.15, -0.1) is 0 Å². The standard InChI is InChI=1S/C22H30O2/c1-18(2)15-19(3,4)17(24)21(7,8)22(15,20(5,6)16(18)23)14-12-10-9-11-13-14/h9-13,15H,1-8H3. The molecule has 0 bridgehead atoms. The van der Waals surface area contributed by atoms with Crippen LogP contribution in [0.3, 0.4) is 0 Å². The number of hydrogen-bond donors (Lipinski definition) is 0. The summed E-state index contributed by atoms with van der Waals surface area (Å²) in [6, 6.07) is 10.3. The molecule has 2 fully saturated rings. The fraction of sp³-hybridized carbons (Fsp3) is 0.636. The molecule has 130 valence electrons. The van der Waals surface area contributed by atoms with Gasteiger partial charge in [-0.05, 0) is 11.5 Å². The number of benzene rings is 1. The lowest BCUT2D eigenvalue weighted by molar-refractivity contribution is -0.141. The van der Waals surface area contributed by atoms with E-state index < -0.39 is 27.1 Å². The lowest BCUT2D eigenvalue weighted by Crippen LogP contribution is -2.52. The van der Waals surface area contributed by atoms with Crippen LogP contribution in [0.5, 0.6) is 0 Å². The number of carbonyl (C=O) groups excluding carboxylic acids is 2. The van der Waals surface area contributed by atoms with Gasteiger partial charge in [0.1, 0.15) is 11.6 Å². The van der Waals surface area contributed by atoms with Gasteiger partial charge in [-0.3, -0.25) is 9.59 Å². The van der Waals surface area contributed by atoms with Gasteiger partial charge in [-0.1, -0.05) is 85.7 Å². The Morgan fingerprint density at radius 2 is 1.04 bits per heavy atom. The maximum Gasteiger partial charge on any atom is 0.145 e. The first-order valence-electron chi connectivity index (χ1n) is 8.93. The molecule has 0 atom stereocenters. The van der Waals surface area contributed by atoms with Gasteiger partial charge in [0, 0.05) is 27.1 Å². The lowest BCUT2D eigenvalue weighted by Gasteiger charge is -2.50. The monoisotopic (exact) mass is 326 g/mol. The first kappa shape index (κ1) is 17.4. The minimum absolute atomic E-state index is 0.0232. The molecule has 2 aliphatic rings. The van der Waals surface area contributed by atoms with Crippen LogP contribution in [0.4, 0.5) is 0 Å². The molecule has 0 aromatic heterocycles. The second-order valence-corrected chi connectivity index (χ2v) is 9.96. The Morgan fingerprint density at radius 3 is 1.42 bits per heavy atom. The third-order valence-corrected chi connectivity index (χ3v) is 7.38. The van der Waals surface area contributed by atoms with Crippen LogP contribution in [0.1, 0.15) is 61.0 Å². The summed E-state index contributed by atoms with van der Waals surface area (Å²) in [4.78, 5) is 27.0. The fourth-order valence-electron chi connectivity index (χ4n) is 7.31. The fourth-order valence-corrected chi connectivity index (χ4v) is 7.31. The van der Waals surface area contributed by atoms with Crippen LogP contribution in [0.2, 0.25) is 0 Å². The minimum atomic E-state index is -0.602. The maximum absolute atomic E-state index is 13.5. The van der Waals surface area contributed by atoms with E-state index in [0.29, 0.717) is 0 Å². The molecular formula is C22H30O2. The Hall–Kier alpha value is -1.44. The summed E-state index contributed by atoms with van der Waals surface area (Å²) in [5.74, 6) is 0.528. The highest BCUT2D eigenvalue weighted by molar-refractivity contribution is 6.04. The summed E-state index contributed by atoms with van der Waals surface area (Å²) in [5.41, 5.74) is -1.64. The van der Waals surface area contributed by atoms with Gasteiger partial charge in [0.25, 0.3) is 0 Å². The topological polar surface area (TPSA) is 34.1 Å². The Labute approximate surface area is 146 Å². The Bertz CT molecular complexity index is 680. The number of fused-ring (bicyclic) bond motifs is 1. The van der Waals surface area contributed by atoms with Crippen LogP contribution in [0.25, 0.3) is 0 Å². The lowest BCUT2D eigenvalue weighted by atomic mass is 9.51. The van der Waals surface area contributed by atoms with Gasteiger partial charge in [0.2, 0.25) is 0 Å². The molecule has 1 aromatic carbocycles. The van der Waals surface area contributed by atoms with Crippen molar-refractivity contribution in [1.82, 2.24) is 0 Å². The number of ketones is 2. The van der Waals surface area contributed by atoms with Crippen LogP contribution in [-0.4, -0.2) is 11.6 Å². The van der Waals surface area contributed by atoms with Gasteiger partial charge < -0.3 is 0 Å². The third kappa shape index (κ3) is 1.49. The molecule has 0 unspecified atom stereocenters. The number of carbonyl (C=O) groups is 2. The van der Waals surface area contributed by atoms with Crippen molar-refractivity contribution in [2.45, 2.75) is 60.8 Å². The molecule has 1 aromatic rings. The minimum Gasteiger partial charge on any atom is -0.298 e. The molecular weight excluding hydrogens is 296 g/mol. The van der Waals surface area contributed by atoms with Gasteiger partial charge in [-0.25, -0.2) is 0 Å². The maximum atomic E-state index is 13.5. The summed E-state index contributed by atoms with van der Waals surface area (Å²) in [5, 5.41) is 0. The van der Waals surface area contributed by atoms with Gasteiger partial charge in [0.05, 0.1) is 0 Å². The zero-order valence-electron chi connectivity index (χ0n) is 16.3. The molecule has 0 radical (unpaired) electrons. The summed E-state index contributed by atoms with van der Waals surface area (Å²) >= 11 is 0. The molecule has 0 aliphatic heterocycles. The molecule has 2 nitrogen and oxygen atoms in total. The first-order valence-corrected chi connectivity index (χ1v) is 8.93. The normalized spacial score (nSPS) is 35.1. The van der Waals surface area contributed by atoms with Crippen molar-refractivity contribution < 1.29 is 9.59 Å². The molecule has 0 heterocycles. The van der Waals surface area contributed by atoms with Crippen LogP contribution in [-0.2, 0) is 15.0 Å². The van der Waals surface area contributed by atoms with E-state index in [1.807, 2.05) is 45.9 Å². The van der Waals surface area contributed by atoms with Gasteiger partial charge >= 0.3 is 0 Å². The molecule has 0 N–H and O–H groups in total. The molecule has 24 heavy (non-hydrogen) atoms. The van der Waals surface area contributed by atoms with E-state index in [1.54, 1.807) is 0 Å². The predicted molar refractivity (Wildman–Crippen MR) is 96.7 cm³/mol. The summed E-state index contributed by atoms with van der Waals surface area (Å²) in [6.45, 7) is 16.4. The van der Waals surface area contributed by atoms with E-state index in [4.69, 9.17) is 0 Å². The highest BCUT2D eigenvalue weighted by atomic mass is 16.1. The molecule has 2 saturated carbocycles. The van der Waals surface area contributed by atoms with Gasteiger partial charge in [-0.2, -0.15) is 0 Å². The van der Waals surface area contributed by atoms with Crippen LogP contribution in [0, 0.1) is 27.6 Å². The van der Waals surface area contributed by atoms with Crippen molar-refractivity contribution in [3.8, 4) is 0 Å². The molecule has 3 rings (SSSR count). The SMILES string of the molecule is CC1(C)C(=O)C(C)(C)C2(c3ccccc3)C1C(C)(C)C(=O)C2(C)C. The molecule has 2 heteroatoms. The van der Waals surface area contributed by atoms with E-state index in [1.165, 1.54) is 0 Å². The number of Topliss-reactive ketones (excluding diaryl/α,β-unsaturated/α-hetero) is 2. The summed E-state index contributed by atoms with van der Waals surface area (Å²) < 4.78 is 0. The zero-order chi connectivity index (χ0) is 18.3. The van der Waals surface area contributed by atoms with Crippen molar-refractivity contribution in [2.75, 3.05) is 0 Å². The van der Waals surface area contributed by atoms with E-state index in [0.717, 1.165) is 5.56 Å². The van der Waals surface area contributed by atoms with Gasteiger partial charge in [0.15, 0.2) is 0 Å². The van der Waals surface area contributed by atoms with E-state index in [-0.39, 0.29) is 17.5 Å².